The Labute approximate surface area is 164 Å². The second-order valence-corrected chi connectivity index (χ2v) is 7.64. The van der Waals surface area contributed by atoms with Gasteiger partial charge in [-0.05, 0) is 35.2 Å². The highest BCUT2D eigenvalue weighted by Gasteiger charge is 2.31. The minimum absolute atomic E-state index is 0.0605. The van der Waals surface area contributed by atoms with Crippen LogP contribution in [0.1, 0.15) is 38.3 Å². The molecular weight excluding hydrogens is 356 g/mol. The predicted octanol–water partition coefficient (Wildman–Crippen LogP) is 2.98. The zero-order chi connectivity index (χ0) is 20.3. The van der Waals surface area contributed by atoms with Crippen molar-refractivity contribution in [2.24, 2.45) is 11.8 Å². The molecule has 0 aromatic heterocycles. The average molecular weight is 382 g/mol. The molecule has 3 rings (SSSR count). The van der Waals surface area contributed by atoms with E-state index in [-0.39, 0.29) is 23.7 Å². The minimum Gasteiger partial charge on any atom is -0.479 e. The van der Waals surface area contributed by atoms with Crippen LogP contribution in [0, 0.1) is 11.8 Å². The normalized spacial score (nSPS) is 16.2. The van der Waals surface area contributed by atoms with E-state index < -0.39 is 12.0 Å². The van der Waals surface area contributed by atoms with Crippen LogP contribution in [-0.2, 0) is 14.4 Å². The second kappa shape index (κ2) is 8.42. The number of hydrogen-bond donors (Lipinski definition) is 2. The molecule has 2 aromatic rings. The van der Waals surface area contributed by atoms with Gasteiger partial charge in [-0.1, -0.05) is 50.2 Å². The van der Waals surface area contributed by atoms with Crippen molar-refractivity contribution in [2.75, 3.05) is 13.1 Å². The Morgan fingerprint density at radius 2 is 1.68 bits per heavy atom. The molecule has 148 valence electrons. The SMILES string of the molecule is CC(C)C(=O)N1CCC(C(=O)NC(C(=O)O)c2ccc3ccccc3c2)CC1. The number of nitrogens with one attached hydrogen (secondary N) is 1. The minimum atomic E-state index is -1.09. The van der Waals surface area contributed by atoms with Gasteiger partial charge in [-0.15, -0.1) is 0 Å². The highest BCUT2D eigenvalue weighted by molar-refractivity contribution is 5.89. The molecule has 2 N–H and O–H groups in total. The lowest BCUT2D eigenvalue weighted by Gasteiger charge is -2.33. The van der Waals surface area contributed by atoms with Crippen LogP contribution >= 0.6 is 0 Å². The third-order valence-corrected chi connectivity index (χ3v) is 5.31. The molecule has 0 spiro atoms. The summed E-state index contributed by atoms with van der Waals surface area (Å²) in [4.78, 5) is 38.4. The summed E-state index contributed by atoms with van der Waals surface area (Å²) in [5, 5.41) is 14.3. The fraction of sp³-hybridized carbons (Fsp3) is 0.409. The molecule has 0 aliphatic carbocycles. The lowest BCUT2D eigenvalue weighted by molar-refractivity contribution is -0.143. The quantitative estimate of drug-likeness (QED) is 0.832. The molecule has 2 amide bonds. The number of carbonyl (C=O) groups excluding carboxylic acids is 2. The summed E-state index contributed by atoms with van der Waals surface area (Å²) < 4.78 is 0. The number of fused-ring (bicyclic) bond motifs is 1. The number of benzene rings is 2. The highest BCUT2D eigenvalue weighted by Crippen LogP contribution is 2.23. The number of carboxylic acid groups (broad SMARTS) is 1. The number of aliphatic carboxylic acids is 1. The van der Waals surface area contributed by atoms with E-state index in [4.69, 9.17) is 0 Å². The molecule has 1 saturated heterocycles. The molecule has 1 aliphatic rings. The number of carbonyl (C=O) groups is 3. The maximum atomic E-state index is 12.7. The first-order chi connectivity index (χ1) is 13.4. The number of likely N-dealkylation sites (tertiary alicyclic amines) is 1. The molecule has 1 aliphatic heterocycles. The van der Waals surface area contributed by atoms with E-state index in [9.17, 15) is 19.5 Å². The molecule has 0 bridgehead atoms. The molecular formula is C22H26N2O4. The summed E-state index contributed by atoms with van der Waals surface area (Å²) >= 11 is 0. The fourth-order valence-corrected chi connectivity index (χ4v) is 3.66. The van der Waals surface area contributed by atoms with Crippen molar-refractivity contribution in [3.05, 3.63) is 48.0 Å². The summed E-state index contributed by atoms with van der Waals surface area (Å²) in [7, 11) is 0. The summed E-state index contributed by atoms with van der Waals surface area (Å²) in [6.07, 6.45) is 1.10. The van der Waals surface area contributed by atoms with E-state index in [1.165, 1.54) is 0 Å². The molecule has 0 radical (unpaired) electrons. The maximum absolute atomic E-state index is 12.7. The summed E-state index contributed by atoms with van der Waals surface area (Å²) in [5.41, 5.74) is 0.548. The summed E-state index contributed by atoms with van der Waals surface area (Å²) in [6, 6.07) is 12.0. The third-order valence-electron chi connectivity index (χ3n) is 5.31. The van der Waals surface area contributed by atoms with Crippen molar-refractivity contribution in [3.63, 3.8) is 0 Å². The van der Waals surface area contributed by atoms with Gasteiger partial charge in [0, 0.05) is 24.9 Å². The Morgan fingerprint density at radius 1 is 1.04 bits per heavy atom. The number of hydrogen-bond acceptors (Lipinski definition) is 3. The van der Waals surface area contributed by atoms with Gasteiger partial charge < -0.3 is 15.3 Å². The van der Waals surface area contributed by atoms with Crippen molar-refractivity contribution < 1.29 is 19.5 Å². The van der Waals surface area contributed by atoms with E-state index >= 15 is 0 Å². The Kier molecular flexibility index (Phi) is 5.97. The smallest absolute Gasteiger partial charge is 0.330 e. The monoisotopic (exact) mass is 382 g/mol. The Morgan fingerprint density at radius 3 is 2.29 bits per heavy atom. The molecule has 1 heterocycles. The Bertz CT molecular complexity index is 885. The van der Waals surface area contributed by atoms with E-state index in [1.807, 2.05) is 44.2 Å². The second-order valence-electron chi connectivity index (χ2n) is 7.64. The van der Waals surface area contributed by atoms with Gasteiger partial charge in [0.15, 0.2) is 6.04 Å². The molecule has 6 heteroatoms. The summed E-state index contributed by atoms with van der Waals surface area (Å²) in [6.45, 7) is 4.79. The van der Waals surface area contributed by atoms with Gasteiger partial charge in [0.05, 0.1) is 0 Å². The number of carboxylic acids is 1. The predicted molar refractivity (Wildman–Crippen MR) is 107 cm³/mol. The number of rotatable bonds is 5. The van der Waals surface area contributed by atoms with E-state index in [2.05, 4.69) is 5.32 Å². The van der Waals surface area contributed by atoms with Crippen LogP contribution in [0.15, 0.2) is 42.5 Å². The van der Waals surface area contributed by atoms with Crippen LogP contribution < -0.4 is 5.32 Å². The molecule has 28 heavy (non-hydrogen) atoms. The van der Waals surface area contributed by atoms with Crippen molar-refractivity contribution in [3.8, 4) is 0 Å². The zero-order valence-corrected chi connectivity index (χ0v) is 16.2. The van der Waals surface area contributed by atoms with Crippen molar-refractivity contribution in [1.29, 1.82) is 0 Å². The molecule has 0 saturated carbocycles. The Balaban J connectivity index is 1.68. The zero-order valence-electron chi connectivity index (χ0n) is 16.2. The van der Waals surface area contributed by atoms with E-state index in [1.54, 1.807) is 17.0 Å². The molecule has 1 unspecified atom stereocenters. The third kappa shape index (κ3) is 4.32. The first kappa shape index (κ1) is 19.9. The Hall–Kier alpha value is -2.89. The van der Waals surface area contributed by atoms with Crippen LogP contribution in [-0.4, -0.2) is 40.9 Å². The molecule has 1 atom stereocenters. The van der Waals surface area contributed by atoms with Crippen LogP contribution in [0.2, 0.25) is 0 Å². The summed E-state index contributed by atoms with van der Waals surface area (Å²) in [5.74, 6) is -1.60. The van der Waals surface area contributed by atoms with Gasteiger partial charge in [0.2, 0.25) is 11.8 Å². The van der Waals surface area contributed by atoms with Gasteiger partial charge in [-0.2, -0.15) is 0 Å². The first-order valence-electron chi connectivity index (χ1n) is 9.67. The lowest BCUT2D eigenvalue weighted by Crippen LogP contribution is -2.45. The van der Waals surface area contributed by atoms with Crippen molar-refractivity contribution >= 4 is 28.6 Å². The standard InChI is InChI=1S/C22H26N2O4/c1-14(2)21(26)24-11-9-16(10-12-24)20(25)23-19(22(27)28)18-8-7-15-5-3-4-6-17(15)13-18/h3-8,13-14,16,19H,9-12H2,1-2H3,(H,23,25)(H,27,28). The van der Waals surface area contributed by atoms with Gasteiger partial charge >= 0.3 is 5.97 Å². The van der Waals surface area contributed by atoms with Crippen LogP contribution in [0.3, 0.4) is 0 Å². The first-order valence-corrected chi connectivity index (χ1v) is 9.67. The molecule has 1 fully saturated rings. The van der Waals surface area contributed by atoms with Crippen LogP contribution in [0.25, 0.3) is 10.8 Å². The van der Waals surface area contributed by atoms with Crippen LogP contribution in [0.5, 0.6) is 0 Å². The average Bonchev–Trinajstić information content (AvgIpc) is 2.70. The van der Waals surface area contributed by atoms with Gasteiger partial charge in [-0.3, -0.25) is 9.59 Å². The van der Waals surface area contributed by atoms with Gasteiger partial charge in [0.1, 0.15) is 0 Å². The molecule has 6 nitrogen and oxygen atoms in total. The van der Waals surface area contributed by atoms with Gasteiger partial charge in [0.25, 0.3) is 0 Å². The van der Waals surface area contributed by atoms with Crippen molar-refractivity contribution in [2.45, 2.75) is 32.7 Å². The van der Waals surface area contributed by atoms with Gasteiger partial charge in [-0.25, -0.2) is 4.79 Å². The number of nitrogens with zero attached hydrogens (tertiary/aromatic N) is 1. The van der Waals surface area contributed by atoms with E-state index in [0.29, 0.717) is 31.5 Å². The lowest BCUT2D eigenvalue weighted by atomic mass is 9.94. The largest absolute Gasteiger partial charge is 0.479 e. The fourth-order valence-electron chi connectivity index (χ4n) is 3.66. The van der Waals surface area contributed by atoms with Crippen LogP contribution in [0.4, 0.5) is 0 Å². The number of amides is 2. The highest BCUT2D eigenvalue weighted by atomic mass is 16.4. The van der Waals surface area contributed by atoms with Crippen molar-refractivity contribution in [1.82, 2.24) is 10.2 Å². The number of piperidine rings is 1. The van der Waals surface area contributed by atoms with E-state index in [0.717, 1.165) is 10.8 Å². The maximum Gasteiger partial charge on any atom is 0.330 e. The molecule has 2 aromatic carbocycles. The topological polar surface area (TPSA) is 86.7 Å².